The zero-order valence-electron chi connectivity index (χ0n) is 18.2. The lowest BCUT2D eigenvalue weighted by Gasteiger charge is -2.19. The maximum atomic E-state index is 13.0. The molecule has 0 radical (unpaired) electrons. The molecule has 0 unspecified atom stereocenters. The number of amides is 2. The van der Waals surface area contributed by atoms with Crippen LogP contribution in [0, 0.1) is 0 Å². The summed E-state index contributed by atoms with van der Waals surface area (Å²) < 4.78 is 5.56. The van der Waals surface area contributed by atoms with Gasteiger partial charge in [0.25, 0.3) is 5.91 Å². The van der Waals surface area contributed by atoms with Crippen LogP contribution >= 0.6 is 12.2 Å². The molecule has 0 atom stereocenters. The van der Waals surface area contributed by atoms with Gasteiger partial charge in [-0.2, -0.15) is 0 Å². The lowest BCUT2D eigenvalue weighted by Crippen LogP contribution is -2.50. The number of carbonyl (C=O) groups is 2. The minimum atomic E-state index is -0.547. The monoisotopic (exact) mass is 469 g/mol. The van der Waals surface area contributed by atoms with E-state index in [0.717, 1.165) is 21.9 Å². The molecule has 0 spiro atoms. The number of fused-ring (bicyclic) bond motifs is 1. The zero-order chi connectivity index (χ0) is 23.8. The summed E-state index contributed by atoms with van der Waals surface area (Å²) in [5.41, 5.74) is 6.67. The van der Waals surface area contributed by atoms with Crippen LogP contribution in [0.2, 0.25) is 0 Å². The van der Waals surface area contributed by atoms with Crippen molar-refractivity contribution in [2.24, 2.45) is 0 Å². The summed E-state index contributed by atoms with van der Waals surface area (Å²) in [5.74, 6) is -0.712. The first-order valence-electron chi connectivity index (χ1n) is 10.7. The second kappa shape index (κ2) is 11.1. The topological polar surface area (TPSA) is 79.5 Å². The second-order valence-corrected chi connectivity index (χ2v) is 7.95. The molecule has 0 aromatic heterocycles. The molecule has 7 heteroatoms. The maximum absolute atomic E-state index is 13.0. The van der Waals surface area contributed by atoms with Crippen LogP contribution in [0.15, 0.2) is 103 Å². The Kier molecular flexibility index (Phi) is 7.47. The van der Waals surface area contributed by atoms with Crippen LogP contribution in [0.25, 0.3) is 10.8 Å². The summed E-state index contributed by atoms with van der Waals surface area (Å²) in [6.45, 7) is -0.210. The predicted molar refractivity (Wildman–Crippen MR) is 136 cm³/mol. The van der Waals surface area contributed by atoms with Crippen LogP contribution in [0.1, 0.15) is 17.0 Å². The molecule has 4 rings (SSSR count). The highest BCUT2D eigenvalue weighted by Gasteiger charge is 2.23. The van der Waals surface area contributed by atoms with Crippen molar-refractivity contribution < 1.29 is 14.3 Å². The average molecular weight is 470 g/mol. The van der Waals surface area contributed by atoms with Gasteiger partial charge in [0.15, 0.2) is 11.7 Å². The molecule has 0 heterocycles. The standard InChI is InChI=1S/C27H23N3O3S/c31-24(18-33-23-16-15-19-9-7-8-14-22(19)17-23)29-30-27(34)28-26(32)25(20-10-3-1-4-11-20)21-12-5-2-6-13-21/h1-17,25H,18H2,(H,29,31)(H2,28,30,32,34). The molecule has 4 aromatic rings. The Morgan fingerprint density at radius 2 is 1.32 bits per heavy atom. The molecule has 34 heavy (non-hydrogen) atoms. The predicted octanol–water partition coefficient (Wildman–Crippen LogP) is 4.07. The van der Waals surface area contributed by atoms with E-state index in [1.54, 1.807) is 6.07 Å². The number of carbonyl (C=O) groups excluding carboxylic acids is 2. The first kappa shape index (κ1) is 22.9. The highest BCUT2D eigenvalue weighted by atomic mass is 32.1. The van der Waals surface area contributed by atoms with Crippen molar-refractivity contribution in [3.8, 4) is 5.75 Å². The highest BCUT2D eigenvalue weighted by molar-refractivity contribution is 7.80. The Hall–Kier alpha value is -4.23. The summed E-state index contributed by atoms with van der Waals surface area (Å²) in [6, 6.07) is 32.4. The SMILES string of the molecule is O=C(COc1ccc2ccccc2c1)NNC(=S)NC(=O)C(c1ccccc1)c1ccccc1. The second-order valence-electron chi connectivity index (χ2n) is 7.54. The molecule has 0 saturated heterocycles. The first-order valence-corrected chi connectivity index (χ1v) is 11.1. The van der Waals surface area contributed by atoms with Crippen LogP contribution in [-0.2, 0) is 9.59 Å². The largest absolute Gasteiger partial charge is 0.484 e. The van der Waals surface area contributed by atoms with Crippen LogP contribution in [0.5, 0.6) is 5.75 Å². The van der Waals surface area contributed by atoms with Crippen molar-refractivity contribution in [1.29, 1.82) is 0 Å². The molecule has 0 bridgehead atoms. The van der Waals surface area contributed by atoms with Crippen LogP contribution in [0.3, 0.4) is 0 Å². The zero-order valence-corrected chi connectivity index (χ0v) is 19.0. The minimum absolute atomic E-state index is 0.0130. The molecule has 6 nitrogen and oxygen atoms in total. The molecule has 0 aliphatic carbocycles. The average Bonchev–Trinajstić information content (AvgIpc) is 2.87. The number of rotatable bonds is 6. The Bertz CT molecular complexity index is 1260. The molecular weight excluding hydrogens is 446 g/mol. The van der Waals surface area contributed by atoms with Gasteiger partial charge in [-0.1, -0.05) is 91.0 Å². The summed E-state index contributed by atoms with van der Waals surface area (Å²) in [7, 11) is 0. The van der Waals surface area contributed by atoms with Crippen molar-refractivity contribution in [3.05, 3.63) is 114 Å². The van der Waals surface area contributed by atoms with E-state index in [-0.39, 0.29) is 17.6 Å². The number of hydrogen-bond donors (Lipinski definition) is 3. The normalized spacial score (nSPS) is 10.5. The fourth-order valence-corrected chi connectivity index (χ4v) is 3.72. The van der Waals surface area contributed by atoms with Gasteiger partial charge in [-0.25, -0.2) is 0 Å². The Morgan fingerprint density at radius 1 is 0.735 bits per heavy atom. The van der Waals surface area contributed by atoms with Gasteiger partial charge in [0.05, 0.1) is 5.92 Å². The molecule has 4 aromatic carbocycles. The number of hydrazine groups is 1. The van der Waals surface area contributed by atoms with E-state index in [1.807, 2.05) is 97.1 Å². The molecule has 2 amide bonds. The quantitative estimate of drug-likeness (QED) is 0.293. The van der Waals surface area contributed by atoms with E-state index in [0.29, 0.717) is 5.75 Å². The number of hydrogen-bond acceptors (Lipinski definition) is 4. The molecular formula is C27H23N3O3S. The third-order valence-corrected chi connectivity index (χ3v) is 5.38. The van der Waals surface area contributed by atoms with Gasteiger partial charge in [0.1, 0.15) is 5.75 Å². The fraction of sp³-hybridized carbons (Fsp3) is 0.0741. The van der Waals surface area contributed by atoms with E-state index < -0.39 is 11.8 Å². The van der Waals surface area contributed by atoms with Gasteiger partial charge in [-0.3, -0.25) is 20.4 Å². The third kappa shape index (κ3) is 5.96. The van der Waals surface area contributed by atoms with Crippen molar-refractivity contribution in [1.82, 2.24) is 16.2 Å². The molecule has 0 fully saturated rings. The summed E-state index contributed by atoms with van der Waals surface area (Å²) in [6.07, 6.45) is 0. The number of benzene rings is 4. The first-order chi connectivity index (χ1) is 16.6. The van der Waals surface area contributed by atoms with Gasteiger partial charge < -0.3 is 10.1 Å². The lowest BCUT2D eigenvalue weighted by molar-refractivity contribution is -0.124. The van der Waals surface area contributed by atoms with Crippen molar-refractivity contribution in [3.63, 3.8) is 0 Å². The minimum Gasteiger partial charge on any atom is -0.484 e. The number of nitrogens with one attached hydrogen (secondary N) is 3. The van der Waals surface area contributed by atoms with Gasteiger partial charge in [-0.15, -0.1) is 0 Å². The van der Waals surface area contributed by atoms with E-state index in [2.05, 4.69) is 16.2 Å². The van der Waals surface area contributed by atoms with E-state index >= 15 is 0 Å². The summed E-state index contributed by atoms with van der Waals surface area (Å²) in [5, 5.41) is 4.75. The Labute approximate surface area is 202 Å². The summed E-state index contributed by atoms with van der Waals surface area (Å²) >= 11 is 5.20. The van der Waals surface area contributed by atoms with E-state index in [9.17, 15) is 9.59 Å². The Morgan fingerprint density at radius 3 is 1.97 bits per heavy atom. The fourth-order valence-electron chi connectivity index (χ4n) is 3.57. The third-order valence-electron chi connectivity index (χ3n) is 5.17. The maximum Gasteiger partial charge on any atom is 0.276 e. The molecule has 0 aliphatic rings. The van der Waals surface area contributed by atoms with Gasteiger partial charge in [0, 0.05) is 0 Å². The van der Waals surface area contributed by atoms with Crippen LogP contribution < -0.4 is 20.9 Å². The van der Waals surface area contributed by atoms with Crippen molar-refractivity contribution in [2.45, 2.75) is 5.92 Å². The van der Waals surface area contributed by atoms with Crippen molar-refractivity contribution in [2.75, 3.05) is 6.61 Å². The van der Waals surface area contributed by atoms with E-state index in [1.165, 1.54) is 0 Å². The van der Waals surface area contributed by atoms with Gasteiger partial charge >= 0.3 is 0 Å². The Balaban J connectivity index is 1.30. The van der Waals surface area contributed by atoms with Crippen LogP contribution in [-0.4, -0.2) is 23.5 Å². The van der Waals surface area contributed by atoms with Gasteiger partial charge in [0.2, 0.25) is 5.91 Å². The molecule has 0 aliphatic heterocycles. The van der Waals surface area contributed by atoms with Gasteiger partial charge in [-0.05, 0) is 46.2 Å². The lowest BCUT2D eigenvalue weighted by atomic mass is 9.90. The van der Waals surface area contributed by atoms with Crippen LogP contribution in [0.4, 0.5) is 0 Å². The molecule has 3 N–H and O–H groups in total. The summed E-state index contributed by atoms with van der Waals surface area (Å²) in [4.78, 5) is 25.2. The highest BCUT2D eigenvalue weighted by Crippen LogP contribution is 2.24. The van der Waals surface area contributed by atoms with Crippen molar-refractivity contribution >= 4 is 39.9 Å². The molecule has 0 saturated carbocycles. The smallest absolute Gasteiger partial charge is 0.276 e. The number of ether oxygens (including phenoxy) is 1. The van der Waals surface area contributed by atoms with E-state index in [4.69, 9.17) is 17.0 Å². The molecule has 170 valence electrons. The number of thiocarbonyl (C=S) groups is 1.